The van der Waals surface area contributed by atoms with Crippen LogP contribution in [0.4, 0.5) is 10.9 Å². The van der Waals surface area contributed by atoms with Gasteiger partial charge in [0.25, 0.3) is 0 Å². The van der Waals surface area contributed by atoms with Gasteiger partial charge in [0.05, 0.1) is 12.0 Å². The number of aryl methyl sites for hydroxylation is 1. The molecule has 2 rings (SSSR count). The second-order valence-electron chi connectivity index (χ2n) is 3.05. The number of hydrogen-bond acceptors (Lipinski definition) is 5. The number of thiazole rings is 1. The number of rotatable bonds is 4. The molecule has 0 radical (unpaired) electrons. The zero-order chi connectivity index (χ0) is 11.4. The molecule has 0 aliphatic carbocycles. The monoisotopic (exact) mass is 233 g/mol. The van der Waals surface area contributed by atoms with Crippen LogP contribution in [0.3, 0.4) is 0 Å². The minimum Gasteiger partial charge on any atom is -0.462 e. The average molecular weight is 233 g/mol. The maximum absolute atomic E-state index is 5.23. The summed E-state index contributed by atoms with van der Waals surface area (Å²) < 4.78 is 5.23. The summed E-state index contributed by atoms with van der Waals surface area (Å²) in [5.74, 6) is 1.27. The molecule has 2 heterocycles. The van der Waals surface area contributed by atoms with E-state index in [0.717, 1.165) is 10.8 Å². The predicted molar refractivity (Wildman–Crippen MR) is 65.2 cm³/mol. The summed E-state index contributed by atoms with van der Waals surface area (Å²) in [5, 5.41) is 5.87. The highest BCUT2D eigenvalue weighted by Crippen LogP contribution is 2.26. The van der Waals surface area contributed by atoms with Crippen molar-refractivity contribution in [2.24, 2.45) is 0 Å². The van der Waals surface area contributed by atoms with Crippen LogP contribution in [-0.2, 0) is 0 Å². The van der Waals surface area contributed by atoms with Crippen LogP contribution < -0.4 is 10.1 Å². The van der Waals surface area contributed by atoms with Crippen LogP contribution in [0.5, 0.6) is 5.75 Å². The molecule has 0 saturated heterocycles. The Balaban J connectivity index is 2.23. The van der Waals surface area contributed by atoms with Gasteiger partial charge >= 0.3 is 0 Å². The first-order chi connectivity index (χ1) is 7.79. The highest BCUT2D eigenvalue weighted by atomic mass is 32.1. The van der Waals surface area contributed by atoms with E-state index in [-0.39, 0.29) is 0 Å². The smallest absolute Gasteiger partial charge is 0.188 e. The summed E-state index contributed by atoms with van der Waals surface area (Å²) in [4.78, 5) is 8.48. The van der Waals surface area contributed by atoms with Crippen molar-refractivity contribution in [2.45, 2.75) is 6.92 Å². The van der Waals surface area contributed by atoms with Gasteiger partial charge in [0.2, 0.25) is 0 Å². The van der Waals surface area contributed by atoms with Crippen LogP contribution in [0.1, 0.15) is 5.69 Å². The van der Waals surface area contributed by atoms with Crippen LogP contribution in [-0.4, -0.2) is 9.97 Å². The Bertz CT molecular complexity index is 495. The maximum atomic E-state index is 5.23. The number of aromatic nitrogens is 2. The zero-order valence-corrected chi connectivity index (χ0v) is 9.62. The SMILES string of the molecule is C=COc1cccnc1Nc1nc(C)cs1. The van der Waals surface area contributed by atoms with Crippen LogP contribution in [0, 0.1) is 6.92 Å². The molecule has 0 saturated carbocycles. The van der Waals surface area contributed by atoms with Crippen molar-refractivity contribution in [3.63, 3.8) is 0 Å². The molecule has 0 amide bonds. The third kappa shape index (κ3) is 2.38. The number of anilines is 2. The summed E-state index contributed by atoms with van der Waals surface area (Å²) in [7, 11) is 0. The van der Waals surface area contributed by atoms with E-state index in [1.165, 1.54) is 17.6 Å². The molecule has 0 bridgehead atoms. The Morgan fingerprint density at radius 1 is 1.56 bits per heavy atom. The number of nitrogens with zero attached hydrogens (tertiary/aromatic N) is 2. The molecule has 4 nitrogen and oxygen atoms in total. The Kier molecular flexibility index (Phi) is 3.16. The van der Waals surface area contributed by atoms with Gasteiger partial charge < -0.3 is 10.1 Å². The second-order valence-corrected chi connectivity index (χ2v) is 3.91. The summed E-state index contributed by atoms with van der Waals surface area (Å²) >= 11 is 1.53. The van der Waals surface area contributed by atoms with Crippen LogP contribution >= 0.6 is 11.3 Å². The standard InChI is InChI=1S/C11H11N3OS/c1-3-15-9-5-4-6-12-10(9)14-11-13-8(2)7-16-11/h3-7H,1H2,2H3,(H,12,13,14). The normalized spacial score (nSPS) is 9.81. The Labute approximate surface area is 97.6 Å². The molecule has 0 fully saturated rings. The fraction of sp³-hybridized carbons (Fsp3) is 0.0909. The molecule has 0 aliphatic rings. The first kappa shape index (κ1) is 10.6. The molecular formula is C11H11N3OS. The van der Waals surface area contributed by atoms with Crippen molar-refractivity contribution in [2.75, 3.05) is 5.32 Å². The lowest BCUT2D eigenvalue weighted by atomic mass is 10.4. The highest BCUT2D eigenvalue weighted by Gasteiger charge is 2.05. The lowest BCUT2D eigenvalue weighted by Crippen LogP contribution is -1.96. The van der Waals surface area contributed by atoms with Crippen molar-refractivity contribution in [3.8, 4) is 5.75 Å². The average Bonchev–Trinajstić information content (AvgIpc) is 2.67. The molecule has 82 valence electrons. The fourth-order valence-corrected chi connectivity index (χ4v) is 1.87. The van der Waals surface area contributed by atoms with Gasteiger partial charge in [-0.2, -0.15) is 0 Å². The summed E-state index contributed by atoms with van der Waals surface area (Å²) in [5.41, 5.74) is 0.981. The Morgan fingerprint density at radius 2 is 2.44 bits per heavy atom. The third-order valence-corrected chi connectivity index (χ3v) is 2.70. The quantitative estimate of drug-likeness (QED) is 0.824. The van der Waals surface area contributed by atoms with E-state index < -0.39 is 0 Å². The van der Waals surface area contributed by atoms with E-state index in [4.69, 9.17) is 4.74 Å². The molecule has 0 spiro atoms. The fourth-order valence-electron chi connectivity index (χ4n) is 1.18. The van der Waals surface area contributed by atoms with Gasteiger partial charge in [-0.25, -0.2) is 9.97 Å². The largest absolute Gasteiger partial charge is 0.462 e. The summed E-state index contributed by atoms with van der Waals surface area (Å²) in [6, 6.07) is 3.62. The molecule has 16 heavy (non-hydrogen) atoms. The van der Waals surface area contributed by atoms with E-state index in [0.29, 0.717) is 11.6 Å². The predicted octanol–water partition coefficient (Wildman–Crippen LogP) is 3.11. The minimum absolute atomic E-state index is 0.630. The zero-order valence-electron chi connectivity index (χ0n) is 8.80. The van der Waals surface area contributed by atoms with Gasteiger partial charge in [0, 0.05) is 11.6 Å². The number of ether oxygens (including phenoxy) is 1. The summed E-state index contributed by atoms with van der Waals surface area (Å²) in [6.45, 7) is 5.46. The number of pyridine rings is 1. The lowest BCUT2D eigenvalue weighted by molar-refractivity contribution is 0.483. The Hall–Kier alpha value is -1.88. The van der Waals surface area contributed by atoms with Crippen LogP contribution in [0.15, 0.2) is 36.6 Å². The summed E-state index contributed by atoms with van der Waals surface area (Å²) in [6.07, 6.45) is 3.06. The molecular weight excluding hydrogens is 222 g/mol. The van der Waals surface area contributed by atoms with Crippen molar-refractivity contribution in [1.82, 2.24) is 9.97 Å². The maximum Gasteiger partial charge on any atom is 0.188 e. The van der Waals surface area contributed by atoms with Gasteiger partial charge in [0.15, 0.2) is 16.7 Å². The lowest BCUT2D eigenvalue weighted by Gasteiger charge is -2.06. The van der Waals surface area contributed by atoms with E-state index in [9.17, 15) is 0 Å². The molecule has 0 aliphatic heterocycles. The van der Waals surface area contributed by atoms with Gasteiger partial charge in [0.1, 0.15) is 0 Å². The van der Waals surface area contributed by atoms with Gasteiger partial charge in [-0.15, -0.1) is 11.3 Å². The second kappa shape index (κ2) is 4.76. The highest BCUT2D eigenvalue weighted by molar-refractivity contribution is 7.13. The van der Waals surface area contributed by atoms with Crippen LogP contribution in [0.2, 0.25) is 0 Å². The van der Waals surface area contributed by atoms with Crippen molar-refractivity contribution in [1.29, 1.82) is 0 Å². The molecule has 2 aromatic heterocycles. The number of nitrogens with one attached hydrogen (secondary N) is 1. The third-order valence-electron chi connectivity index (χ3n) is 1.83. The van der Waals surface area contributed by atoms with Crippen LogP contribution in [0.25, 0.3) is 0 Å². The van der Waals surface area contributed by atoms with Crippen molar-refractivity contribution >= 4 is 22.3 Å². The van der Waals surface area contributed by atoms with E-state index in [1.807, 2.05) is 18.4 Å². The molecule has 1 N–H and O–H groups in total. The molecule has 0 atom stereocenters. The topological polar surface area (TPSA) is 47.0 Å². The first-order valence-electron chi connectivity index (χ1n) is 4.71. The van der Waals surface area contributed by atoms with E-state index in [2.05, 4.69) is 21.9 Å². The van der Waals surface area contributed by atoms with Gasteiger partial charge in [-0.1, -0.05) is 6.58 Å². The minimum atomic E-state index is 0.630. The van der Waals surface area contributed by atoms with Gasteiger partial charge in [-0.05, 0) is 19.1 Å². The van der Waals surface area contributed by atoms with Crippen molar-refractivity contribution in [3.05, 3.63) is 42.2 Å². The van der Waals surface area contributed by atoms with Crippen molar-refractivity contribution < 1.29 is 4.74 Å². The number of hydrogen-bond donors (Lipinski definition) is 1. The molecule has 2 aromatic rings. The molecule has 0 unspecified atom stereocenters. The first-order valence-corrected chi connectivity index (χ1v) is 5.59. The molecule has 5 heteroatoms. The van der Waals surface area contributed by atoms with E-state index in [1.54, 1.807) is 12.3 Å². The molecule has 0 aromatic carbocycles. The van der Waals surface area contributed by atoms with Gasteiger partial charge in [-0.3, -0.25) is 0 Å². The Morgan fingerprint density at radius 3 is 3.12 bits per heavy atom. The van der Waals surface area contributed by atoms with E-state index >= 15 is 0 Å².